The van der Waals surface area contributed by atoms with Crippen molar-refractivity contribution in [2.45, 2.75) is 19.1 Å². The van der Waals surface area contributed by atoms with E-state index in [0.29, 0.717) is 5.75 Å². The molecule has 2 atom stereocenters. The van der Waals surface area contributed by atoms with Gasteiger partial charge in [-0.2, -0.15) is 0 Å². The minimum atomic E-state index is -0.895. The van der Waals surface area contributed by atoms with Crippen LogP contribution in [-0.2, 0) is 9.53 Å². The normalized spacial score (nSPS) is 14.0. The maximum atomic E-state index is 12.8. The van der Waals surface area contributed by atoms with Crippen molar-refractivity contribution in [2.24, 2.45) is 5.73 Å². The van der Waals surface area contributed by atoms with Crippen LogP contribution in [0.25, 0.3) is 0 Å². The van der Waals surface area contributed by atoms with Crippen LogP contribution in [0.5, 0.6) is 5.75 Å². The quantitative estimate of drug-likeness (QED) is 0.782. The van der Waals surface area contributed by atoms with Crippen molar-refractivity contribution in [2.75, 3.05) is 7.11 Å². The van der Waals surface area contributed by atoms with E-state index in [4.69, 9.17) is 10.5 Å². The average molecular weight is 227 g/mol. The smallest absolute Gasteiger partial charge is 0.326 e. The molecule has 0 fully saturated rings. The highest BCUT2D eigenvalue weighted by Crippen LogP contribution is 2.14. The fourth-order valence-corrected chi connectivity index (χ4v) is 1.16. The zero-order valence-electron chi connectivity index (χ0n) is 9.14. The number of carbonyl (C=O) groups is 1. The Morgan fingerprint density at radius 3 is 2.75 bits per heavy atom. The molecule has 0 spiro atoms. The molecule has 0 aliphatic carbocycles. The van der Waals surface area contributed by atoms with Gasteiger partial charge < -0.3 is 15.2 Å². The van der Waals surface area contributed by atoms with Crippen LogP contribution >= 0.6 is 0 Å². The van der Waals surface area contributed by atoms with Gasteiger partial charge in [-0.15, -0.1) is 0 Å². The zero-order valence-corrected chi connectivity index (χ0v) is 9.14. The highest BCUT2D eigenvalue weighted by Gasteiger charge is 2.23. The molecule has 0 bridgehead atoms. The van der Waals surface area contributed by atoms with Gasteiger partial charge in [0.15, 0.2) is 0 Å². The second-order valence-corrected chi connectivity index (χ2v) is 3.33. The van der Waals surface area contributed by atoms with Crippen LogP contribution in [0.2, 0.25) is 0 Å². The Kier molecular flexibility index (Phi) is 4.25. The highest BCUT2D eigenvalue weighted by molar-refractivity contribution is 5.76. The van der Waals surface area contributed by atoms with Crippen molar-refractivity contribution in [3.8, 4) is 5.75 Å². The number of benzene rings is 1. The van der Waals surface area contributed by atoms with E-state index >= 15 is 0 Å². The van der Waals surface area contributed by atoms with E-state index in [1.807, 2.05) is 0 Å². The molecule has 16 heavy (non-hydrogen) atoms. The maximum Gasteiger partial charge on any atom is 0.326 e. The number of ether oxygens (including phenoxy) is 2. The van der Waals surface area contributed by atoms with Gasteiger partial charge in [-0.3, -0.25) is 4.79 Å². The molecule has 5 heteroatoms. The molecular weight excluding hydrogens is 213 g/mol. The number of carbonyl (C=O) groups excluding carboxylic acids is 1. The molecule has 0 saturated heterocycles. The van der Waals surface area contributed by atoms with Gasteiger partial charge in [-0.05, 0) is 19.1 Å². The first-order chi connectivity index (χ1) is 7.54. The molecule has 2 unspecified atom stereocenters. The van der Waals surface area contributed by atoms with E-state index in [1.165, 1.54) is 25.3 Å². The Hall–Kier alpha value is -1.62. The van der Waals surface area contributed by atoms with E-state index in [-0.39, 0.29) is 0 Å². The number of rotatable bonds is 4. The number of halogens is 1. The number of hydrogen-bond donors (Lipinski definition) is 1. The standard InChI is InChI=1S/C11H14FNO3/c1-7(10(13)11(14)15-2)16-9-5-3-4-8(12)6-9/h3-7,10H,13H2,1-2H3. The summed E-state index contributed by atoms with van der Waals surface area (Å²) in [7, 11) is 1.25. The lowest BCUT2D eigenvalue weighted by molar-refractivity contribution is -0.144. The first-order valence-electron chi connectivity index (χ1n) is 4.80. The summed E-state index contributed by atoms with van der Waals surface area (Å²) in [5.74, 6) is -0.646. The fraction of sp³-hybridized carbons (Fsp3) is 0.364. The van der Waals surface area contributed by atoms with Crippen molar-refractivity contribution < 1.29 is 18.7 Å². The molecule has 0 aromatic heterocycles. The molecule has 0 amide bonds. The van der Waals surface area contributed by atoms with Gasteiger partial charge in [0.25, 0.3) is 0 Å². The van der Waals surface area contributed by atoms with Gasteiger partial charge in [0.05, 0.1) is 7.11 Å². The summed E-state index contributed by atoms with van der Waals surface area (Å²) in [4.78, 5) is 11.1. The van der Waals surface area contributed by atoms with E-state index < -0.39 is 23.9 Å². The van der Waals surface area contributed by atoms with Crippen molar-refractivity contribution >= 4 is 5.97 Å². The predicted molar refractivity (Wildman–Crippen MR) is 56.5 cm³/mol. The molecule has 1 aromatic carbocycles. The molecule has 0 saturated carbocycles. The Labute approximate surface area is 93.2 Å². The van der Waals surface area contributed by atoms with Crippen molar-refractivity contribution in [1.29, 1.82) is 0 Å². The van der Waals surface area contributed by atoms with Crippen molar-refractivity contribution in [3.63, 3.8) is 0 Å². The van der Waals surface area contributed by atoms with Gasteiger partial charge in [0.1, 0.15) is 23.7 Å². The second kappa shape index (κ2) is 5.46. The molecule has 4 nitrogen and oxygen atoms in total. The molecular formula is C11H14FNO3. The van der Waals surface area contributed by atoms with Crippen LogP contribution in [0.15, 0.2) is 24.3 Å². The van der Waals surface area contributed by atoms with E-state index in [9.17, 15) is 9.18 Å². The van der Waals surface area contributed by atoms with Gasteiger partial charge >= 0.3 is 5.97 Å². The summed E-state index contributed by atoms with van der Waals surface area (Å²) >= 11 is 0. The van der Waals surface area contributed by atoms with Crippen molar-refractivity contribution in [1.82, 2.24) is 0 Å². The van der Waals surface area contributed by atoms with E-state index in [1.54, 1.807) is 13.0 Å². The summed E-state index contributed by atoms with van der Waals surface area (Å²) in [6.07, 6.45) is -0.589. The molecule has 0 aliphatic heterocycles. The summed E-state index contributed by atoms with van der Waals surface area (Å²) in [5.41, 5.74) is 5.56. The molecule has 0 aliphatic rings. The summed E-state index contributed by atoms with van der Waals surface area (Å²) in [5, 5.41) is 0. The van der Waals surface area contributed by atoms with Gasteiger partial charge in [0, 0.05) is 6.07 Å². The second-order valence-electron chi connectivity index (χ2n) is 3.33. The topological polar surface area (TPSA) is 61.5 Å². The Balaban J connectivity index is 2.64. The maximum absolute atomic E-state index is 12.8. The first kappa shape index (κ1) is 12.4. The Bertz CT molecular complexity index is 370. The molecule has 88 valence electrons. The predicted octanol–water partition coefficient (Wildman–Crippen LogP) is 1.09. The molecule has 2 N–H and O–H groups in total. The first-order valence-corrected chi connectivity index (χ1v) is 4.80. The largest absolute Gasteiger partial charge is 0.488 e. The lowest BCUT2D eigenvalue weighted by Crippen LogP contribution is -2.44. The Morgan fingerprint density at radius 1 is 1.50 bits per heavy atom. The highest BCUT2D eigenvalue weighted by atomic mass is 19.1. The Morgan fingerprint density at radius 2 is 2.19 bits per heavy atom. The van der Waals surface area contributed by atoms with Gasteiger partial charge in [-0.1, -0.05) is 6.07 Å². The zero-order chi connectivity index (χ0) is 12.1. The third-order valence-corrected chi connectivity index (χ3v) is 2.10. The van der Waals surface area contributed by atoms with Crippen LogP contribution in [-0.4, -0.2) is 25.2 Å². The van der Waals surface area contributed by atoms with Crippen LogP contribution in [0, 0.1) is 5.82 Å². The summed E-state index contributed by atoms with van der Waals surface area (Å²) < 4.78 is 22.6. The lowest BCUT2D eigenvalue weighted by Gasteiger charge is -2.19. The molecule has 1 rings (SSSR count). The molecule has 1 aromatic rings. The number of hydrogen-bond acceptors (Lipinski definition) is 4. The van der Waals surface area contributed by atoms with E-state index in [2.05, 4.69) is 4.74 Å². The SMILES string of the molecule is COC(=O)C(N)C(C)Oc1cccc(F)c1. The van der Waals surface area contributed by atoms with Crippen LogP contribution in [0.4, 0.5) is 4.39 Å². The van der Waals surface area contributed by atoms with E-state index in [0.717, 1.165) is 0 Å². The van der Waals surface area contributed by atoms with Crippen LogP contribution in [0.1, 0.15) is 6.92 Å². The third kappa shape index (κ3) is 3.20. The lowest BCUT2D eigenvalue weighted by atomic mass is 10.2. The average Bonchev–Trinajstić information content (AvgIpc) is 2.27. The summed E-state index contributed by atoms with van der Waals surface area (Å²) in [6, 6.07) is 4.73. The van der Waals surface area contributed by atoms with Crippen molar-refractivity contribution in [3.05, 3.63) is 30.1 Å². The number of esters is 1. The third-order valence-electron chi connectivity index (χ3n) is 2.10. The number of methoxy groups -OCH3 is 1. The minimum Gasteiger partial charge on any atom is -0.488 e. The minimum absolute atomic E-state index is 0.326. The summed E-state index contributed by atoms with van der Waals surface area (Å²) in [6.45, 7) is 1.62. The molecule has 0 heterocycles. The van der Waals surface area contributed by atoms with Gasteiger partial charge in [-0.25, -0.2) is 4.39 Å². The van der Waals surface area contributed by atoms with Crippen LogP contribution < -0.4 is 10.5 Å². The molecule has 0 radical (unpaired) electrons. The fourth-order valence-electron chi connectivity index (χ4n) is 1.16. The van der Waals surface area contributed by atoms with Gasteiger partial charge in [0.2, 0.25) is 0 Å². The monoisotopic (exact) mass is 227 g/mol. The van der Waals surface area contributed by atoms with Crippen LogP contribution in [0.3, 0.4) is 0 Å². The number of nitrogens with two attached hydrogens (primary N) is 1.